The standard InChI is InChI=1S/C14H21ClO/c1-3-11(2)8-13(10-16)9-12-4-6-14(15)7-5-12/h4-7,11,13,16H,3,8-10H2,1-2H3. The van der Waals surface area contributed by atoms with E-state index in [2.05, 4.69) is 13.8 Å². The molecule has 16 heavy (non-hydrogen) atoms. The highest BCUT2D eigenvalue weighted by Gasteiger charge is 2.12. The van der Waals surface area contributed by atoms with E-state index >= 15 is 0 Å². The molecular formula is C14H21ClO. The third-order valence-corrected chi connectivity index (χ3v) is 3.38. The summed E-state index contributed by atoms with van der Waals surface area (Å²) < 4.78 is 0. The zero-order chi connectivity index (χ0) is 12.0. The number of rotatable bonds is 6. The first-order chi connectivity index (χ1) is 7.65. The molecule has 0 saturated carbocycles. The molecule has 0 fully saturated rings. The maximum absolute atomic E-state index is 9.36. The SMILES string of the molecule is CCC(C)CC(CO)Cc1ccc(Cl)cc1. The van der Waals surface area contributed by atoms with E-state index in [1.54, 1.807) is 0 Å². The van der Waals surface area contributed by atoms with E-state index in [9.17, 15) is 5.11 Å². The molecule has 1 N–H and O–H groups in total. The third kappa shape index (κ3) is 4.54. The van der Waals surface area contributed by atoms with Crippen molar-refractivity contribution in [1.29, 1.82) is 0 Å². The minimum Gasteiger partial charge on any atom is -0.396 e. The van der Waals surface area contributed by atoms with E-state index in [-0.39, 0.29) is 6.61 Å². The van der Waals surface area contributed by atoms with Crippen molar-refractivity contribution >= 4 is 11.6 Å². The summed E-state index contributed by atoms with van der Waals surface area (Å²) in [5.41, 5.74) is 1.26. The van der Waals surface area contributed by atoms with E-state index in [0.717, 1.165) is 17.9 Å². The number of benzene rings is 1. The molecule has 1 rings (SSSR count). The van der Waals surface area contributed by atoms with E-state index in [1.807, 2.05) is 24.3 Å². The Bertz CT molecular complexity index is 294. The van der Waals surface area contributed by atoms with Crippen molar-refractivity contribution in [1.82, 2.24) is 0 Å². The zero-order valence-corrected chi connectivity index (χ0v) is 10.9. The van der Waals surface area contributed by atoms with Crippen molar-refractivity contribution in [3.8, 4) is 0 Å². The summed E-state index contributed by atoms with van der Waals surface area (Å²) in [6, 6.07) is 7.91. The summed E-state index contributed by atoms with van der Waals surface area (Å²) >= 11 is 5.84. The maximum Gasteiger partial charge on any atom is 0.0462 e. The molecular weight excluding hydrogens is 220 g/mol. The molecule has 0 aliphatic heterocycles. The smallest absolute Gasteiger partial charge is 0.0462 e. The monoisotopic (exact) mass is 240 g/mol. The highest BCUT2D eigenvalue weighted by Crippen LogP contribution is 2.20. The van der Waals surface area contributed by atoms with Gasteiger partial charge in [-0.2, -0.15) is 0 Å². The minimum absolute atomic E-state index is 0.271. The summed E-state index contributed by atoms with van der Waals surface area (Å²) in [5, 5.41) is 10.1. The molecule has 1 aromatic rings. The zero-order valence-electron chi connectivity index (χ0n) is 10.1. The molecule has 0 bridgehead atoms. The molecule has 0 aliphatic rings. The second kappa shape index (κ2) is 6.93. The normalized spacial score (nSPS) is 14.8. The molecule has 0 radical (unpaired) electrons. The van der Waals surface area contributed by atoms with Crippen LogP contribution < -0.4 is 0 Å². The number of hydrogen-bond donors (Lipinski definition) is 1. The van der Waals surface area contributed by atoms with Gasteiger partial charge in [-0.3, -0.25) is 0 Å². The van der Waals surface area contributed by atoms with E-state index in [4.69, 9.17) is 11.6 Å². The summed E-state index contributed by atoms with van der Waals surface area (Å²) in [6.07, 6.45) is 3.21. The van der Waals surface area contributed by atoms with E-state index in [0.29, 0.717) is 11.8 Å². The van der Waals surface area contributed by atoms with Gasteiger partial charge in [-0.1, -0.05) is 44.0 Å². The van der Waals surface area contributed by atoms with Crippen molar-refractivity contribution in [2.24, 2.45) is 11.8 Å². The largest absolute Gasteiger partial charge is 0.396 e. The van der Waals surface area contributed by atoms with Crippen molar-refractivity contribution in [3.63, 3.8) is 0 Å². The number of aliphatic hydroxyl groups excluding tert-OH is 1. The van der Waals surface area contributed by atoms with Gasteiger partial charge in [-0.15, -0.1) is 0 Å². The van der Waals surface area contributed by atoms with Crippen LogP contribution in [0.15, 0.2) is 24.3 Å². The van der Waals surface area contributed by atoms with Gasteiger partial charge in [-0.25, -0.2) is 0 Å². The molecule has 2 heteroatoms. The predicted molar refractivity (Wildman–Crippen MR) is 69.8 cm³/mol. The molecule has 90 valence electrons. The number of aliphatic hydroxyl groups is 1. The van der Waals surface area contributed by atoms with Crippen LogP contribution in [0.3, 0.4) is 0 Å². The Labute approximate surface area is 103 Å². The molecule has 2 atom stereocenters. The lowest BCUT2D eigenvalue weighted by Gasteiger charge is -2.18. The van der Waals surface area contributed by atoms with Crippen LogP contribution in [0, 0.1) is 11.8 Å². The molecule has 2 unspecified atom stereocenters. The first kappa shape index (κ1) is 13.5. The molecule has 0 aromatic heterocycles. The van der Waals surface area contributed by atoms with Crippen LogP contribution in [0.25, 0.3) is 0 Å². The Balaban J connectivity index is 2.52. The van der Waals surface area contributed by atoms with Crippen LogP contribution in [-0.2, 0) is 6.42 Å². The summed E-state index contributed by atoms with van der Waals surface area (Å²) in [5.74, 6) is 1.06. The van der Waals surface area contributed by atoms with Gasteiger partial charge in [0.25, 0.3) is 0 Å². The summed E-state index contributed by atoms with van der Waals surface area (Å²) in [6.45, 7) is 4.71. The molecule has 0 amide bonds. The number of halogens is 1. The van der Waals surface area contributed by atoms with Gasteiger partial charge in [0.2, 0.25) is 0 Å². The Morgan fingerprint density at radius 3 is 2.38 bits per heavy atom. The lowest BCUT2D eigenvalue weighted by molar-refractivity contribution is 0.201. The van der Waals surface area contributed by atoms with Gasteiger partial charge in [0, 0.05) is 11.6 Å². The van der Waals surface area contributed by atoms with Gasteiger partial charge in [0.1, 0.15) is 0 Å². The number of hydrogen-bond acceptors (Lipinski definition) is 1. The first-order valence-corrected chi connectivity index (χ1v) is 6.38. The Morgan fingerprint density at radius 1 is 1.25 bits per heavy atom. The molecule has 0 saturated heterocycles. The third-order valence-electron chi connectivity index (χ3n) is 3.13. The second-order valence-corrected chi connectivity index (χ2v) is 5.06. The average Bonchev–Trinajstić information content (AvgIpc) is 2.30. The molecule has 1 nitrogen and oxygen atoms in total. The highest BCUT2D eigenvalue weighted by atomic mass is 35.5. The molecule has 0 heterocycles. The first-order valence-electron chi connectivity index (χ1n) is 6.01. The molecule has 0 spiro atoms. The van der Waals surface area contributed by atoms with E-state index < -0.39 is 0 Å². The summed E-state index contributed by atoms with van der Waals surface area (Å²) in [4.78, 5) is 0. The summed E-state index contributed by atoms with van der Waals surface area (Å²) in [7, 11) is 0. The topological polar surface area (TPSA) is 20.2 Å². The van der Waals surface area contributed by atoms with Gasteiger partial charge in [0.15, 0.2) is 0 Å². The van der Waals surface area contributed by atoms with Crippen LogP contribution >= 0.6 is 11.6 Å². The van der Waals surface area contributed by atoms with Crippen LogP contribution in [0.2, 0.25) is 5.02 Å². The lowest BCUT2D eigenvalue weighted by Crippen LogP contribution is -2.13. The van der Waals surface area contributed by atoms with E-state index in [1.165, 1.54) is 12.0 Å². The fraction of sp³-hybridized carbons (Fsp3) is 0.571. The Hall–Kier alpha value is -0.530. The molecule has 0 aliphatic carbocycles. The van der Waals surface area contributed by atoms with Gasteiger partial charge < -0.3 is 5.11 Å². The fourth-order valence-electron chi connectivity index (χ4n) is 1.91. The quantitative estimate of drug-likeness (QED) is 0.799. The Morgan fingerprint density at radius 2 is 1.88 bits per heavy atom. The van der Waals surface area contributed by atoms with Crippen molar-refractivity contribution in [2.45, 2.75) is 33.1 Å². The van der Waals surface area contributed by atoms with Crippen molar-refractivity contribution in [3.05, 3.63) is 34.9 Å². The van der Waals surface area contributed by atoms with Crippen LogP contribution in [0.5, 0.6) is 0 Å². The highest BCUT2D eigenvalue weighted by molar-refractivity contribution is 6.30. The van der Waals surface area contributed by atoms with Crippen molar-refractivity contribution < 1.29 is 5.11 Å². The van der Waals surface area contributed by atoms with Crippen molar-refractivity contribution in [2.75, 3.05) is 6.61 Å². The van der Waals surface area contributed by atoms with Crippen LogP contribution in [0.1, 0.15) is 32.3 Å². The van der Waals surface area contributed by atoms with Gasteiger partial charge >= 0.3 is 0 Å². The average molecular weight is 241 g/mol. The fourth-order valence-corrected chi connectivity index (χ4v) is 2.04. The minimum atomic E-state index is 0.271. The van der Waals surface area contributed by atoms with Gasteiger partial charge in [-0.05, 0) is 42.4 Å². The Kier molecular flexibility index (Phi) is 5.86. The van der Waals surface area contributed by atoms with Crippen LogP contribution in [0.4, 0.5) is 0 Å². The van der Waals surface area contributed by atoms with Crippen LogP contribution in [-0.4, -0.2) is 11.7 Å². The second-order valence-electron chi connectivity index (χ2n) is 4.63. The molecule has 1 aromatic carbocycles. The van der Waals surface area contributed by atoms with Gasteiger partial charge in [0.05, 0.1) is 0 Å². The lowest BCUT2D eigenvalue weighted by atomic mass is 9.90. The maximum atomic E-state index is 9.36. The predicted octanol–water partition coefficient (Wildman–Crippen LogP) is 3.93.